The molecule has 0 amide bonds. The zero-order chi connectivity index (χ0) is 34.2. The van der Waals surface area contributed by atoms with Gasteiger partial charge >= 0.3 is 12.6 Å². The van der Waals surface area contributed by atoms with Crippen molar-refractivity contribution in [2.24, 2.45) is 0 Å². The number of aromatic amines is 1. The summed E-state index contributed by atoms with van der Waals surface area (Å²) < 4.78 is 37.9. The van der Waals surface area contributed by atoms with E-state index in [0.717, 1.165) is 57.7 Å². The number of likely N-dealkylation sites (tertiary alicyclic amines) is 2. The fraction of sp³-hybridized carbons (Fsp3) is 0.342. The fourth-order valence-corrected chi connectivity index (χ4v) is 7.30. The average molecular weight is 669 g/mol. The summed E-state index contributed by atoms with van der Waals surface area (Å²) in [5.41, 5.74) is 8.13. The number of oxazole rings is 1. The summed E-state index contributed by atoms with van der Waals surface area (Å²) in [6, 6.07) is 18.1. The number of carboxylic acid groups (broad SMARTS) is 1. The van der Waals surface area contributed by atoms with Gasteiger partial charge in [-0.25, -0.2) is 4.98 Å². The molecule has 2 aliphatic heterocycles. The summed E-state index contributed by atoms with van der Waals surface area (Å²) in [5.74, 6) is -0.680. The third-order valence-electron chi connectivity index (χ3n) is 9.87. The van der Waals surface area contributed by atoms with Gasteiger partial charge in [0, 0.05) is 47.1 Å². The monoisotopic (exact) mass is 668 g/mol. The van der Waals surface area contributed by atoms with E-state index in [2.05, 4.69) is 9.88 Å². The van der Waals surface area contributed by atoms with Crippen LogP contribution in [0.4, 0.5) is 8.78 Å². The summed E-state index contributed by atoms with van der Waals surface area (Å²) in [5, 5.41) is 9.63. The molecule has 1 atom stereocenters. The molecule has 0 bridgehead atoms. The normalized spacial score (nSPS) is 17.0. The van der Waals surface area contributed by atoms with E-state index in [4.69, 9.17) is 14.1 Å². The molecule has 9 nitrogen and oxygen atoms in total. The highest BCUT2D eigenvalue weighted by Crippen LogP contribution is 2.38. The van der Waals surface area contributed by atoms with E-state index in [-0.39, 0.29) is 23.4 Å². The number of nitrogens with one attached hydrogen (secondary N) is 1. The van der Waals surface area contributed by atoms with Crippen LogP contribution in [0.25, 0.3) is 44.9 Å². The number of fused-ring (bicyclic) bond motifs is 1. The Balaban J connectivity index is 1.21. The minimum absolute atomic E-state index is 0.0683. The number of pyridine rings is 1. The lowest BCUT2D eigenvalue weighted by Gasteiger charge is -2.22. The molecule has 0 unspecified atom stereocenters. The Morgan fingerprint density at radius 3 is 2.33 bits per heavy atom. The van der Waals surface area contributed by atoms with Crippen molar-refractivity contribution in [2.75, 3.05) is 19.6 Å². The van der Waals surface area contributed by atoms with E-state index in [9.17, 15) is 23.5 Å². The topological polar surface area (TPSA) is 112 Å². The van der Waals surface area contributed by atoms with Crippen LogP contribution in [0.2, 0.25) is 0 Å². The Labute approximate surface area is 282 Å². The number of rotatable bonds is 10. The Morgan fingerprint density at radius 1 is 0.939 bits per heavy atom. The Kier molecular flexibility index (Phi) is 9.04. The molecule has 49 heavy (non-hydrogen) atoms. The van der Waals surface area contributed by atoms with Gasteiger partial charge in [0.1, 0.15) is 17.3 Å². The maximum Gasteiger partial charge on any atom is 0.387 e. The van der Waals surface area contributed by atoms with E-state index < -0.39 is 18.6 Å². The lowest BCUT2D eigenvalue weighted by molar-refractivity contribution is -0.142. The standard InChI is InChI=1S/C38H38F2N4O5/c1-22-26(8-5-10-28(22)30-14-13-24(35(45)41-30)20-43-15-3-4-16-43)27-9-6-11-29(23(27)2)36-42-31-18-25(21-44-17-7-12-32(44)37(46)47)33(49-38(39)40)19-34(31)48-36/h5-6,8-11,13-14,18-19,32,38H,3-4,7,12,15-17,20-21H2,1-2H3,(H,41,45)(H,46,47)/t32-/m0/s1. The number of nitrogens with zero attached hydrogens (tertiary/aromatic N) is 3. The van der Waals surface area contributed by atoms with Crippen LogP contribution in [-0.4, -0.2) is 63.1 Å². The van der Waals surface area contributed by atoms with E-state index in [0.29, 0.717) is 42.9 Å². The lowest BCUT2D eigenvalue weighted by Crippen LogP contribution is -2.35. The molecule has 0 aliphatic carbocycles. The second kappa shape index (κ2) is 13.6. The molecule has 5 aromatic rings. The number of ether oxygens (including phenoxy) is 1. The summed E-state index contributed by atoms with van der Waals surface area (Å²) in [6.45, 7) is 4.33. The van der Waals surface area contributed by atoms with Crippen LogP contribution in [0.15, 0.2) is 69.9 Å². The molecule has 7 rings (SSSR count). The molecule has 0 radical (unpaired) electrons. The zero-order valence-corrected chi connectivity index (χ0v) is 27.5. The van der Waals surface area contributed by atoms with Crippen LogP contribution in [0.5, 0.6) is 5.75 Å². The van der Waals surface area contributed by atoms with Crippen molar-refractivity contribution in [1.29, 1.82) is 0 Å². The molecule has 2 N–H and O–H groups in total. The molecule has 3 aromatic carbocycles. The van der Waals surface area contributed by atoms with Crippen molar-refractivity contribution < 1.29 is 27.8 Å². The second-order valence-electron chi connectivity index (χ2n) is 13.0. The summed E-state index contributed by atoms with van der Waals surface area (Å²) in [6.07, 6.45) is 3.54. The highest BCUT2D eigenvalue weighted by molar-refractivity contribution is 5.84. The highest BCUT2D eigenvalue weighted by atomic mass is 19.3. The van der Waals surface area contributed by atoms with Gasteiger partial charge in [-0.2, -0.15) is 8.78 Å². The number of hydrogen-bond acceptors (Lipinski definition) is 7. The van der Waals surface area contributed by atoms with Crippen molar-refractivity contribution in [3.05, 3.63) is 93.3 Å². The number of aromatic nitrogens is 2. The first-order valence-electron chi connectivity index (χ1n) is 16.7. The van der Waals surface area contributed by atoms with Crippen LogP contribution in [0.3, 0.4) is 0 Å². The Bertz CT molecular complexity index is 2080. The minimum Gasteiger partial charge on any atom is -0.480 e. The van der Waals surface area contributed by atoms with Crippen LogP contribution in [0.1, 0.15) is 47.9 Å². The predicted octanol–water partition coefficient (Wildman–Crippen LogP) is 7.38. The Morgan fingerprint density at radius 2 is 1.63 bits per heavy atom. The molecular weight excluding hydrogens is 630 g/mol. The van der Waals surface area contributed by atoms with Gasteiger partial charge in [0.2, 0.25) is 5.89 Å². The number of H-pyrrole nitrogens is 1. The van der Waals surface area contributed by atoms with Crippen LogP contribution in [-0.2, 0) is 17.9 Å². The zero-order valence-electron chi connectivity index (χ0n) is 27.5. The quantitative estimate of drug-likeness (QED) is 0.159. The summed E-state index contributed by atoms with van der Waals surface area (Å²) in [4.78, 5) is 36.7. The number of carboxylic acids is 1. The van der Waals surface area contributed by atoms with Gasteiger partial charge in [0.05, 0.1) is 0 Å². The number of benzene rings is 3. The molecule has 2 saturated heterocycles. The number of hydrogen-bond donors (Lipinski definition) is 2. The van der Waals surface area contributed by atoms with E-state index in [1.807, 2.05) is 62.4 Å². The number of halogens is 2. The van der Waals surface area contributed by atoms with Gasteiger partial charge in [0.25, 0.3) is 5.56 Å². The van der Waals surface area contributed by atoms with Crippen molar-refractivity contribution >= 4 is 17.1 Å². The van der Waals surface area contributed by atoms with Gasteiger partial charge in [0.15, 0.2) is 5.58 Å². The molecule has 0 spiro atoms. The molecule has 2 aliphatic rings. The van der Waals surface area contributed by atoms with Crippen molar-refractivity contribution in [2.45, 2.75) is 65.3 Å². The molecule has 254 valence electrons. The van der Waals surface area contributed by atoms with Crippen LogP contribution >= 0.6 is 0 Å². The highest BCUT2D eigenvalue weighted by Gasteiger charge is 2.31. The lowest BCUT2D eigenvalue weighted by atomic mass is 9.90. The first-order chi connectivity index (χ1) is 23.7. The first kappa shape index (κ1) is 32.7. The van der Waals surface area contributed by atoms with Gasteiger partial charge in [-0.1, -0.05) is 36.4 Å². The van der Waals surface area contributed by atoms with Crippen LogP contribution in [0, 0.1) is 13.8 Å². The smallest absolute Gasteiger partial charge is 0.387 e. The largest absolute Gasteiger partial charge is 0.480 e. The van der Waals surface area contributed by atoms with Crippen LogP contribution < -0.4 is 10.3 Å². The third-order valence-corrected chi connectivity index (χ3v) is 9.87. The van der Waals surface area contributed by atoms with Gasteiger partial charge in [-0.15, -0.1) is 0 Å². The van der Waals surface area contributed by atoms with Gasteiger partial charge < -0.3 is 19.2 Å². The fourth-order valence-electron chi connectivity index (χ4n) is 7.30. The molecule has 2 aromatic heterocycles. The molecule has 11 heteroatoms. The Hall–Kier alpha value is -4.87. The summed E-state index contributed by atoms with van der Waals surface area (Å²) in [7, 11) is 0. The molecule has 4 heterocycles. The van der Waals surface area contributed by atoms with E-state index >= 15 is 0 Å². The van der Waals surface area contributed by atoms with Gasteiger partial charge in [-0.3, -0.25) is 19.4 Å². The average Bonchev–Trinajstić information content (AvgIpc) is 3.84. The first-order valence-corrected chi connectivity index (χ1v) is 16.7. The van der Waals surface area contributed by atoms with Crippen molar-refractivity contribution in [1.82, 2.24) is 19.8 Å². The van der Waals surface area contributed by atoms with E-state index in [1.165, 1.54) is 18.9 Å². The molecule has 2 fully saturated rings. The maximum absolute atomic E-state index is 13.4. The molecule has 0 saturated carbocycles. The predicted molar refractivity (Wildman–Crippen MR) is 183 cm³/mol. The molecular formula is C38H38F2N4O5. The van der Waals surface area contributed by atoms with Crippen molar-refractivity contribution in [3.8, 4) is 39.6 Å². The van der Waals surface area contributed by atoms with Gasteiger partial charge in [-0.05, 0) is 99.6 Å². The number of carbonyl (C=O) groups is 1. The third kappa shape index (κ3) is 6.60. The van der Waals surface area contributed by atoms with E-state index in [1.54, 1.807) is 11.0 Å². The van der Waals surface area contributed by atoms with Crippen molar-refractivity contribution in [3.63, 3.8) is 0 Å². The SMILES string of the molecule is Cc1c(-c2ccc(CN3CCCC3)c(=O)[nH]2)cccc1-c1cccc(-c2nc3cc(CN4CCC[C@H]4C(=O)O)c(OC(F)F)cc3o2)c1C. The minimum atomic E-state index is -3.06. The maximum atomic E-state index is 13.4. The number of alkyl halides is 2. The summed E-state index contributed by atoms with van der Waals surface area (Å²) >= 11 is 0. The number of aliphatic carboxylic acids is 1. The second-order valence-corrected chi connectivity index (χ2v) is 13.0.